The number of hydrogen-bond acceptors (Lipinski definition) is 2. The molecular formula is C14H25NO2. The minimum absolute atomic E-state index is 0.133. The van der Waals surface area contributed by atoms with Gasteiger partial charge in [0.25, 0.3) is 0 Å². The Morgan fingerprint density at radius 3 is 2.41 bits per heavy atom. The Hall–Kier alpha value is -0.730. The zero-order valence-electron chi connectivity index (χ0n) is 11.7. The summed E-state index contributed by atoms with van der Waals surface area (Å²) in [7, 11) is 0. The lowest BCUT2D eigenvalue weighted by atomic mass is 9.91. The van der Waals surface area contributed by atoms with Gasteiger partial charge in [-0.3, -0.25) is 0 Å². The van der Waals surface area contributed by atoms with E-state index in [-0.39, 0.29) is 11.7 Å². The van der Waals surface area contributed by atoms with Gasteiger partial charge in [-0.05, 0) is 50.9 Å². The van der Waals surface area contributed by atoms with Crippen LogP contribution in [0.25, 0.3) is 0 Å². The largest absolute Gasteiger partial charge is 0.444 e. The molecule has 1 amide bonds. The number of likely N-dealkylation sites (tertiary alicyclic amines) is 1. The summed E-state index contributed by atoms with van der Waals surface area (Å²) in [5, 5.41) is 0. The first-order chi connectivity index (χ1) is 7.78. The van der Waals surface area contributed by atoms with Crippen molar-refractivity contribution < 1.29 is 9.53 Å². The van der Waals surface area contributed by atoms with Crippen LogP contribution in [0.5, 0.6) is 0 Å². The highest BCUT2D eigenvalue weighted by Gasteiger charge is 2.46. The Labute approximate surface area is 105 Å². The molecule has 3 heteroatoms. The number of ether oxygens (including phenoxy) is 1. The highest BCUT2D eigenvalue weighted by molar-refractivity contribution is 5.68. The molecule has 1 heterocycles. The number of carbonyl (C=O) groups is 1. The van der Waals surface area contributed by atoms with Gasteiger partial charge >= 0.3 is 6.09 Å². The van der Waals surface area contributed by atoms with Crippen LogP contribution in [0.2, 0.25) is 0 Å². The summed E-state index contributed by atoms with van der Waals surface area (Å²) in [6.45, 7) is 12.2. The Morgan fingerprint density at radius 1 is 1.24 bits per heavy atom. The second-order valence-corrected chi connectivity index (χ2v) is 6.88. The number of fused-ring (bicyclic) bond motifs is 1. The smallest absolute Gasteiger partial charge is 0.410 e. The predicted molar refractivity (Wildman–Crippen MR) is 67.7 cm³/mol. The van der Waals surface area contributed by atoms with Gasteiger partial charge in [0.2, 0.25) is 0 Å². The quantitative estimate of drug-likeness (QED) is 0.650. The monoisotopic (exact) mass is 239 g/mol. The topological polar surface area (TPSA) is 29.5 Å². The van der Waals surface area contributed by atoms with E-state index in [1.165, 1.54) is 6.42 Å². The van der Waals surface area contributed by atoms with Crippen molar-refractivity contribution in [3.05, 3.63) is 0 Å². The number of carbonyl (C=O) groups excluding carboxylic acids is 1. The molecule has 3 nitrogen and oxygen atoms in total. The fourth-order valence-electron chi connectivity index (χ4n) is 3.33. The Bertz CT molecular complexity index is 308. The van der Waals surface area contributed by atoms with Crippen LogP contribution in [-0.2, 0) is 4.74 Å². The SMILES string of the molecule is CC1CC2CN(C(=O)OC(C)(C)C)CC2C1C. The molecule has 1 aliphatic heterocycles. The normalized spacial score (nSPS) is 37.1. The number of amides is 1. The second kappa shape index (κ2) is 4.18. The van der Waals surface area contributed by atoms with Crippen LogP contribution < -0.4 is 0 Å². The molecule has 0 aromatic heterocycles. The van der Waals surface area contributed by atoms with Crippen LogP contribution in [0, 0.1) is 23.7 Å². The molecule has 2 rings (SSSR count). The van der Waals surface area contributed by atoms with Gasteiger partial charge < -0.3 is 9.64 Å². The van der Waals surface area contributed by atoms with E-state index in [2.05, 4.69) is 13.8 Å². The predicted octanol–water partition coefficient (Wildman–Crippen LogP) is 3.15. The molecule has 4 unspecified atom stereocenters. The zero-order valence-corrected chi connectivity index (χ0v) is 11.7. The number of hydrogen-bond donors (Lipinski definition) is 0. The van der Waals surface area contributed by atoms with Crippen LogP contribution in [-0.4, -0.2) is 29.7 Å². The van der Waals surface area contributed by atoms with E-state index < -0.39 is 0 Å². The van der Waals surface area contributed by atoms with Crippen LogP contribution in [0.3, 0.4) is 0 Å². The zero-order chi connectivity index (χ0) is 12.8. The molecule has 17 heavy (non-hydrogen) atoms. The number of nitrogens with zero attached hydrogens (tertiary/aromatic N) is 1. The van der Waals surface area contributed by atoms with Gasteiger partial charge in [-0.25, -0.2) is 4.79 Å². The number of rotatable bonds is 0. The third-order valence-electron chi connectivity index (χ3n) is 4.39. The lowest BCUT2D eigenvalue weighted by molar-refractivity contribution is 0.0273. The van der Waals surface area contributed by atoms with Crippen LogP contribution in [0.15, 0.2) is 0 Å². The molecule has 0 aromatic rings. The van der Waals surface area contributed by atoms with Gasteiger partial charge in [0.05, 0.1) is 0 Å². The molecule has 98 valence electrons. The third kappa shape index (κ3) is 2.58. The summed E-state index contributed by atoms with van der Waals surface area (Å²) < 4.78 is 5.44. The Balaban J connectivity index is 1.94. The van der Waals surface area contributed by atoms with E-state index in [1.807, 2.05) is 25.7 Å². The molecule has 1 aliphatic carbocycles. The van der Waals surface area contributed by atoms with Crippen molar-refractivity contribution in [1.29, 1.82) is 0 Å². The lowest BCUT2D eigenvalue weighted by Gasteiger charge is -2.26. The molecule has 2 aliphatic rings. The van der Waals surface area contributed by atoms with Crippen molar-refractivity contribution in [2.45, 2.75) is 46.6 Å². The maximum atomic E-state index is 12.0. The van der Waals surface area contributed by atoms with E-state index in [1.54, 1.807) is 0 Å². The second-order valence-electron chi connectivity index (χ2n) is 6.88. The van der Waals surface area contributed by atoms with Crippen molar-refractivity contribution in [3.63, 3.8) is 0 Å². The molecule has 4 atom stereocenters. The van der Waals surface area contributed by atoms with Crippen LogP contribution in [0.1, 0.15) is 41.0 Å². The molecule has 0 spiro atoms. The average Bonchev–Trinajstić information content (AvgIpc) is 2.66. The molecule has 0 aromatic carbocycles. The fraction of sp³-hybridized carbons (Fsp3) is 0.929. The first kappa shape index (κ1) is 12.7. The van der Waals surface area contributed by atoms with Gasteiger partial charge in [-0.2, -0.15) is 0 Å². The van der Waals surface area contributed by atoms with Gasteiger partial charge in [0.1, 0.15) is 5.60 Å². The first-order valence-electron chi connectivity index (χ1n) is 6.76. The molecule has 2 fully saturated rings. The molecule has 1 saturated heterocycles. The third-order valence-corrected chi connectivity index (χ3v) is 4.39. The maximum absolute atomic E-state index is 12.0. The van der Waals surface area contributed by atoms with Gasteiger partial charge in [0, 0.05) is 13.1 Å². The summed E-state index contributed by atoms with van der Waals surface area (Å²) in [6.07, 6.45) is 1.14. The Kier molecular flexibility index (Phi) is 3.13. The van der Waals surface area contributed by atoms with Gasteiger partial charge in [0.15, 0.2) is 0 Å². The van der Waals surface area contributed by atoms with E-state index in [0.29, 0.717) is 11.8 Å². The molecule has 0 N–H and O–H groups in total. The van der Waals surface area contributed by atoms with Crippen molar-refractivity contribution >= 4 is 6.09 Å². The molecule has 0 bridgehead atoms. The molecule has 0 radical (unpaired) electrons. The van der Waals surface area contributed by atoms with Crippen LogP contribution >= 0.6 is 0 Å². The fourth-order valence-corrected chi connectivity index (χ4v) is 3.33. The maximum Gasteiger partial charge on any atom is 0.410 e. The summed E-state index contributed by atoms with van der Waals surface area (Å²) in [6, 6.07) is 0. The minimum atomic E-state index is -0.381. The van der Waals surface area contributed by atoms with E-state index in [4.69, 9.17) is 4.74 Å². The average molecular weight is 239 g/mol. The van der Waals surface area contributed by atoms with Gasteiger partial charge in [-0.15, -0.1) is 0 Å². The van der Waals surface area contributed by atoms with Gasteiger partial charge in [-0.1, -0.05) is 13.8 Å². The van der Waals surface area contributed by atoms with Crippen molar-refractivity contribution in [1.82, 2.24) is 4.90 Å². The van der Waals surface area contributed by atoms with Crippen molar-refractivity contribution in [2.75, 3.05) is 13.1 Å². The summed E-state index contributed by atoms with van der Waals surface area (Å²) in [5.41, 5.74) is -0.381. The summed E-state index contributed by atoms with van der Waals surface area (Å²) >= 11 is 0. The van der Waals surface area contributed by atoms with Crippen molar-refractivity contribution in [3.8, 4) is 0 Å². The highest BCUT2D eigenvalue weighted by atomic mass is 16.6. The standard InChI is InChI=1S/C14H25NO2/c1-9-6-11-7-15(8-12(11)10(9)2)13(16)17-14(3,4)5/h9-12H,6-8H2,1-5H3. The van der Waals surface area contributed by atoms with Crippen LogP contribution in [0.4, 0.5) is 4.79 Å². The summed E-state index contributed by atoms with van der Waals surface area (Å²) in [5.74, 6) is 2.95. The first-order valence-corrected chi connectivity index (χ1v) is 6.76. The molecule has 1 saturated carbocycles. The van der Waals surface area contributed by atoms with E-state index >= 15 is 0 Å². The highest BCUT2D eigenvalue weighted by Crippen LogP contribution is 2.45. The van der Waals surface area contributed by atoms with E-state index in [9.17, 15) is 4.79 Å². The lowest BCUT2D eigenvalue weighted by Crippen LogP contribution is -2.36. The van der Waals surface area contributed by atoms with Crippen molar-refractivity contribution in [2.24, 2.45) is 23.7 Å². The summed E-state index contributed by atoms with van der Waals surface area (Å²) in [4.78, 5) is 13.9. The minimum Gasteiger partial charge on any atom is -0.444 e. The Morgan fingerprint density at radius 2 is 1.88 bits per heavy atom. The van der Waals surface area contributed by atoms with E-state index in [0.717, 1.165) is 24.9 Å². The molecular weight excluding hydrogens is 214 g/mol.